The predicted molar refractivity (Wildman–Crippen MR) is 92.0 cm³/mol. The second-order valence-corrected chi connectivity index (χ2v) is 6.21. The molecule has 0 radical (unpaired) electrons. The van der Waals surface area contributed by atoms with E-state index in [0.717, 1.165) is 37.6 Å². The SMILES string of the molecule is CCOC(=O)c1cccnc1N1CCC[C@@H](Cc2nccn2C)C1. The Labute approximate surface area is 142 Å². The molecule has 1 saturated heterocycles. The normalized spacial score (nSPS) is 17.8. The molecule has 6 nitrogen and oxygen atoms in total. The number of aryl methyl sites for hydroxylation is 1. The summed E-state index contributed by atoms with van der Waals surface area (Å²) in [4.78, 5) is 23.3. The van der Waals surface area contributed by atoms with E-state index in [9.17, 15) is 4.79 Å². The molecule has 2 aromatic rings. The van der Waals surface area contributed by atoms with Crippen molar-refractivity contribution in [3.63, 3.8) is 0 Å². The molecule has 0 bridgehead atoms. The zero-order chi connectivity index (χ0) is 16.9. The molecular formula is C18H24N4O2. The molecule has 0 spiro atoms. The molecule has 0 amide bonds. The van der Waals surface area contributed by atoms with Gasteiger partial charge in [-0.25, -0.2) is 14.8 Å². The fraction of sp³-hybridized carbons (Fsp3) is 0.500. The first kappa shape index (κ1) is 16.5. The molecule has 3 rings (SSSR count). The number of ether oxygens (including phenoxy) is 1. The number of rotatable bonds is 5. The van der Waals surface area contributed by atoms with Gasteiger partial charge in [-0.15, -0.1) is 0 Å². The van der Waals surface area contributed by atoms with E-state index >= 15 is 0 Å². The molecule has 0 N–H and O–H groups in total. The molecule has 1 aliphatic heterocycles. The quantitative estimate of drug-likeness (QED) is 0.789. The van der Waals surface area contributed by atoms with Crippen molar-refractivity contribution in [3.05, 3.63) is 42.1 Å². The Hall–Kier alpha value is -2.37. The van der Waals surface area contributed by atoms with Crippen LogP contribution in [0.3, 0.4) is 0 Å². The summed E-state index contributed by atoms with van der Waals surface area (Å²) in [6.45, 7) is 3.99. The highest BCUT2D eigenvalue weighted by molar-refractivity contribution is 5.94. The Bertz CT molecular complexity index is 698. The van der Waals surface area contributed by atoms with Crippen LogP contribution >= 0.6 is 0 Å². The smallest absolute Gasteiger partial charge is 0.341 e. The van der Waals surface area contributed by atoms with Gasteiger partial charge in [0.15, 0.2) is 0 Å². The van der Waals surface area contributed by atoms with Gasteiger partial charge in [0.05, 0.1) is 6.61 Å². The number of carbonyl (C=O) groups excluding carboxylic acids is 1. The summed E-state index contributed by atoms with van der Waals surface area (Å²) in [6, 6.07) is 3.58. The molecule has 0 saturated carbocycles. The maximum absolute atomic E-state index is 12.2. The minimum atomic E-state index is -0.299. The van der Waals surface area contributed by atoms with E-state index in [1.165, 1.54) is 6.42 Å². The third-order valence-electron chi connectivity index (χ3n) is 4.49. The lowest BCUT2D eigenvalue weighted by molar-refractivity contribution is 0.0526. The van der Waals surface area contributed by atoms with Crippen molar-refractivity contribution in [1.82, 2.24) is 14.5 Å². The van der Waals surface area contributed by atoms with Crippen molar-refractivity contribution in [1.29, 1.82) is 0 Å². The number of piperidine rings is 1. The van der Waals surface area contributed by atoms with Gasteiger partial charge >= 0.3 is 5.97 Å². The van der Waals surface area contributed by atoms with Gasteiger partial charge in [0.2, 0.25) is 0 Å². The highest BCUT2D eigenvalue weighted by Crippen LogP contribution is 2.26. The van der Waals surface area contributed by atoms with Crippen LogP contribution in [-0.4, -0.2) is 40.2 Å². The Morgan fingerprint density at radius 1 is 1.38 bits per heavy atom. The monoisotopic (exact) mass is 328 g/mol. The maximum Gasteiger partial charge on any atom is 0.341 e. The number of aromatic nitrogens is 3. The summed E-state index contributed by atoms with van der Waals surface area (Å²) in [5.74, 6) is 2.05. The molecule has 1 fully saturated rings. The Kier molecular flexibility index (Phi) is 5.13. The van der Waals surface area contributed by atoms with Gasteiger partial charge in [-0.05, 0) is 37.8 Å². The summed E-state index contributed by atoms with van der Waals surface area (Å²) in [5, 5.41) is 0. The molecule has 1 aliphatic rings. The molecule has 0 unspecified atom stereocenters. The molecule has 2 aromatic heterocycles. The molecule has 128 valence electrons. The van der Waals surface area contributed by atoms with Crippen LogP contribution in [0.25, 0.3) is 0 Å². The van der Waals surface area contributed by atoms with Crippen molar-refractivity contribution in [3.8, 4) is 0 Å². The number of anilines is 1. The first-order valence-corrected chi connectivity index (χ1v) is 8.52. The number of pyridine rings is 1. The van der Waals surface area contributed by atoms with Crippen molar-refractivity contribution in [2.75, 3.05) is 24.6 Å². The summed E-state index contributed by atoms with van der Waals surface area (Å²) in [6.07, 6.45) is 8.77. The van der Waals surface area contributed by atoms with Gasteiger partial charge in [-0.2, -0.15) is 0 Å². The van der Waals surface area contributed by atoms with Crippen LogP contribution in [-0.2, 0) is 18.2 Å². The molecule has 1 atom stereocenters. The summed E-state index contributed by atoms with van der Waals surface area (Å²) < 4.78 is 7.24. The molecule has 24 heavy (non-hydrogen) atoms. The predicted octanol–water partition coefficient (Wildman–Crippen LogP) is 2.45. The van der Waals surface area contributed by atoms with Crippen LogP contribution in [0.2, 0.25) is 0 Å². The summed E-state index contributed by atoms with van der Waals surface area (Å²) >= 11 is 0. The minimum Gasteiger partial charge on any atom is -0.462 e. The Morgan fingerprint density at radius 3 is 3.00 bits per heavy atom. The van der Waals surface area contributed by atoms with E-state index in [4.69, 9.17) is 4.74 Å². The number of esters is 1. The largest absolute Gasteiger partial charge is 0.462 e. The van der Waals surface area contributed by atoms with Crippen molar-refractivity contribution < 1.29 is 9.53 Å². The lowest BCUT2D eigenvalue weighted by Crippen LogP contribution is -2.38. The molecule has 6 heteroatoms. The number of nitrogens with zero attached hydrogens (tertiary/aromatic N) is 4. The zero-order valence-electron chi connectivity index (χ0n) is 14.3. The number of hydrogen-bond acceptors (Lipinski definition) is 5. The average Bonchev–Trinajstić information content (AvgIpc) is 3.00. The standard InChI is InChI=1S/C18H24N4O2/c1-3-24-18(23)15-7-4-8-20-17(15)22-10-5-6-14(13-22)12-16-19-9-11-21(16)2/h4,7-9,11,14H,3,5-6,10,12-13H2,1-2H3/t14-/m0/s1. The van der Waals surface area contributed by atoms with Crippen LogP contribution in [0.4, 0.5) is 5.82 Å². The van der Waals surface area contributed by atoms with E-state index < -0.39 is 0 Å². The van der Waals surface area contributed by atoms with E-state index in [2.05, 4.69) is 19.4 Å². The highest BCUT2D eigenvalue weighted by Gasteiger charge is 2.25. The van der Waals surface area contributed by atoms with E-state index in [1.807, 2.05) is 26.4 Å². The van der Waals surface area contributed by atoms with Crippen LogP contribution in [0.15, 0.2) is 30.7 Å². The highest BCUT2D eigenvalue weighted by atomic mass is 16.5. The number of hydrogen-bond donors (Lipinski definition) is 0. The maximum atomic E-state index is 12.2. The lowest BCUT2D eigenvalue weighted by atomic mass is 9.94. The van der Waals surface area contributed by atoms with E-state index in [0.29, 0.717) is 18.1 Å². The molecule has 0 aliphatic carbocycles. The van der Waals surface area contributed by atoms with Gasteiger partial charge < -0.3 is 14.2 Å². The van der Waals surface area contributed by atoms with Crippen LogP contribution < -0.4 is 4.90 Å². The summed E-state index contributed by atoms with van der Waals surface area (Å²) in [5.41, 5.74) is 0.553. The topological polar surface area (TPSA) is 60.2 Å². The van der Waals surface area contributed by atoms with Crippen molar-refractivity contribution >= 4 is 11.8 Å². The minimum absolute atomic E-state index is 0.299. The van der Waals surface area contributed by atoms with Crippen molar-refractivity contribution in [2.45, 2.75) is 26.2 Å². The molecule has 0 aromatic carbocycles. The summed E-state index contributed by atoms with van der Waals surface area (Å²) in [7, 11) is 2.03. The van der Waals surface area contributed by atoms with Gasteiger partial charge in [-0.1, -0.05) is 0 Å². The molecule has 3 heterocycles. The van der Waals surface area contributed by atoms with Crippen molar-refractivity contribution in [2.24, 2.45) is 13.0 Å². The van der Waals surface area contributed by atoms with Gasteiger partial charge in [0.25, 0.3) is 0 Å². The van der Waals surface area contributed by atoms with Gasteiger partial charge in [0, 0.05) is 45.1 Å². The fourth-order valence-electron chi connectivity index (χ4n) is 3.29. The number of carbonyl (C=O) groups is 1. The third-order valence-corrected chi connectivity index (χ3v) is 4.49. The van der Waals surface area contributed by atoms with Crippen LogP contribution in [0, 0.1) is 5.92 Å². The van der Waals surface area contributed by atoms with Crippen LogP contribution in [0.5, 0.6) is 0 Å². The second-order valence-electron chi connectivity index (χ2n) is 6.21. The average molecular weight is 328 g/mol. The Morgan fingerprint density at radius 2 is 2.25 bits per heavy atom. The van der Waals surface area contributed by atoms with Gasteiger partial charge in [0.1, 0.15) is 17.2 Å². The van der Waals surface area contributed by atoms with Gasteiger partial charge in [-0.3, -0.25) is 0 Å². The first-order valence-electron chi connectivity index (χ1n) is 8.52. The number of imidazole rings is 1. The van der Waals surface area contributed by atoms with E-state index in [1.54, 1.807) is 18.3 Å². The molecular weight excluding hydrogens is 304 g/mol. The first-order chi connectivity index (χ1) is 11.7. The second kappa shape index (κ2) is 7.47. The van der Waals surface area contributed by atoms with Crippen LogP contribution in [0.1, 0.15) is 35.9 Å². The third kappa shape index (κ3) is 3.58. The Balaban J connectivity index is 1.75. The van der Waals surface area contributed by atoms with E-state index in [-0.39, 0.29) is 5.97 Å². The fourth-order valence-corrected chi connectivity index (χ4v) is 3.29. The zero-order valence-corrected chi connectivity index (χ0v) is 14.3. The lowest BCUT2D eigenvalue weighted by Gasteiger charge is -2.34.